The van der Waals surface area contributed by atoms with Crippen molar-refractivity contribution in [3.05, 3.63) is 0 Å². The fourth-order valence-electron chi connectivity index (χ4n) is 1.79. The summed E-state index contributed by atoms with van der Waals surface area (Å²) in [6, 6.07) is 0.657. The van der Waals surface area contributed by atoms with E-state index in [0.717, 1.165) is 44.3 Å². The van der Waals surface area contributed by atoms with Crippen LogP contribution in [0, 0.1) is 0 Å². The third kappa shape index (κ3) is 3.95. The standard InChI is InChI=1S/C11H23N3S/c1-4-5-12-11(15)14-8-6-13(7-9-14)10(2)3/h10H,4-9H2,1-3H3,(H,12,15). The Labute approximate surface area is 98.8 Å². The van der Waals surface area contributed by atoms with Crippen molar-refractivity contribution in [3.8, 4) is 0 Å². The average Bonchev–Trinajstić information content (AvgIpc) is 2.26. The Morgan fingerprint density at radius 1 is 1.27 bits per heavy atom. The van der Waals surface area contributed by atoms with Crippen molar-refractivity contribution in [2.75, 3.05) is 32.7 Å². The number of nitrogens with one attached hydrogen (secondary N) is 1. The quantitative estimate of drug-likeness (QED) is 0.735. The van der Waals surface area contributed by atoms with E-state index in [1.165, 1.54) is 0 Å². The molecular weight excluding hydrogens is 206 g/mol. The van der Waals surface area contributed by atoms with Gasteiger partial charge in [0, 0.05) is 38.8 Å². The largest absolute Gasteiger partial charge is 0.363 e. The Hall–Kier alpha value is -0.350. The second-order valence-corrected chi connectivity index (χ2v) is 4.74. The van der Waals surface area contributed by atoms with E-state index in [0.29, 0.717) is 6.04 Å². The molecule has 15 heavy (non-hydrogen) atoms. The summed E-state index contributed by atoms with van der Waals surface area (Å²) >= 11 is 5.34. The first-order valence-corrected chi connectivity index (χ1v) is 6.32. The number of thiocarbonyl (C=S) groups is 1. The third-order valence-corrected chi connectivity index (χ3v) is 3.26. The van der Waals surface area contributed by atoms with Gasteiger partial charge >= 0.3 is 0 Å². The molecule has 4 heteroatoms. The maximum absolute atomic E-state index is 5.34. The van der Waals surface area contributed by atoms with Crippen molar-refractivity contribution < 1.29 is 0 Å². The molecule has 0 aliphatic carbocycles. The summed E-state index contributed by atoms with van der Waals surface area (Å²) in [6.45, 7) is 12.0. The van der Waals surface area contributed by atoms with Crippen molar-refractivity contribution in [3.63, 3.8) is 0 Å². The number of piperazine rings is 1. The Balaban J connectivity index is 2.27. The Morgan fingerprint density at radius 3 is 2.33 bits per heavy atom. The van der Waals surface area contributed by atoms with Crippen molar-refractivity contribution in [1.82, 2.24) is 15.1 Å². The van der Waals surface area contributed by atoms with Gasteiger partial charge in [-0.15, -0.1) is 0 Å². The van der Waals surface area contributed by atoms with Gasteiger partial charge in [-0.2, -0.15) is 0 Å². The summed E-state index contributed by atoms with van der Waals surface area (Å²) in [5, 5.41) is 4.22. The Morgan fingerprint density at radius 2 is 1.87 bits per heavy atom. The number of hydrogen-bond acceptors (Lipinski definition) is 2. The highest BCUT2D eigenvalue weighted by Gasteiger charge is 2.19. The van der Waals surface area contributed by atoms with E-state index >= 15 is 0 Å². The first-order valence-electron chi connectivity index (χ1n) is 5.92. The maximum atomic E-state index is 5.34. The predicted octanol–water partition coefficient (Wildman–Crippen LogP) is 1.30. The predicted molar refractivity (Wildman–Crippen MR) is 69.2 cm³/mol. The maximum Gasteiger partial charge on any atom is 0.169 e. The van der Waals surface area contributed by atoms with Crippen LogP contribution in [0.25, 0.3) is 0 Å². The molecule has 1 aliphatic heterocycles. The van der Waals surface area contributed by atoms with E-state index in [9.17, 15) is 0 Å². The van der Waals surface area contributed by atoms with E-state index in [1.54, 1.807) is 0 Å². The minimum atomic E-state index is 0.657. The van der Waals surface area contributed by atoms with Crippen LogP contribution in [0.1, 0.15) is 27.2 Å². The summed E-state index contributed by atoms with van der Waals surface area (Å²) < 4.78 is 0. The molecule has 0 aromatic rings. The molecule has 1 heterocycles. The monoisotopic (exact) mass is 229 g/mol. The van der Waals surface area contributed by atoms with Crippen LogP contribution in [0.3, 0.4) is 0 Å². The number of rotatable bonds is 3. The number of nitrogens with zero attached hydrogens (tertiary/aromatic N) is 2. The van der Waals surface area contributed by atoms with Gasteiger partial charge in [0.25, 0.3) is 0 Å². The zero-order chi connectivity index (χ0) is 11.3. The van der Waals surface area contributed by atoms with Crippen molar-refractivity contribution in [2.24, 2.45) is 0 Å². The van der Waals surface area contributed by atoms with Crippen LogP contribution in [0.15, 0.2) is 0 Å². The summed E-state index contributed by atoms with van der Waals surface area (Å²) in [5.41, 5.74) is 0. The molecule has 0 aromatic heterocycles. The lowest BCUT2D eigenvalue weighted by Crippen LogP contribution is -2.53. The lowest BCUT2D eigenvalue weighted by molar-refractivity contribution is 0.148. The van der Waals surface area contributed by atoms with Gasteiger partial charge in [-0.25, -0.2) is 0 Å². The van der Waals surface area contributed by atoms with Crippen LogP contribution in [-0.2, 0) is 0 Å². The highest BCUT2D eigenvalue weighted by molar-refractivity contribution is 7.80. The molecule has 0 radical (unpaired) electrons. The summed E-state index contributed by atoms with van der Waals surface area (Å²) in [6.07, 6.45) is 1.13. The minimum absolute atomic E-state index is 0.657. The van der Waals surface area contributed by atoms with E-state index in [2.05, 4.69) is 35.9 Å². The molecule has 0 bridgehead atoms. The highest BCUT2D eigenvalue weighted by Crippen LogP contribution is 2.05. The van der Waals surface area contributed by atoms with Crippen LogP contribution in [0.4, 0.5) is 0 Å². The highest BCUT2D eigenvalue weighted by atomic mass is 32.1. The second kappa shape index (κ2) is 6.28. The van der Waals surface area contributed by atoms with Gasteiger partial charge in [0.05, 0.1) is 0 Å². The van der Waals surface area contributed by atoms with Gasteiger partial charge in [-0.3, -0.25) is 4.90 Å². The summed E-state index contributed by atoms with van der Waals surface area (Å²) in [5.74, 6) is 0. The molecule has 1 rings (SSSR count). The molecule has 0 atom stereocenters. The average molecular weight is 229 g/mol. The molecule has 0 saturated carbocycles. The van der Waals surface area contributed by atoms with Crippen molar-refractivity contribution in [2.45, 2.75) is 33.2 Å². The molecule has 1 N–H and O–H groups in total. The van der Waals surface area contributed by atoms with Crippen LogP contribution >= 0.6 is 12.2 Å². The van der Waals surface area contributed by atoms with Crippen LogP contribution in [0.5, 0.6) is 0 Å². The van der Waals surface area contributed by atoms with E-state index < -0.39 is 0 Å². The molecule has 0 spiro atoms. The van der Waals surface area contributed by atoms with Crippen LogP contribution in [0.2, 0.25) is 0 Å². The first-order chi connectivity index (χ1) is 7.15. The SMILES string of the molecule is CCCNC(=S)N1CCN(C(C)C)CC1. The van der Waals surface area contributed by atoms with Crippen LogP contribution in [-0.4, -0.2) is 53.7 Å². The van der Waals surface area contributed by atoms with Crippen molar-refractivity contribution in [1.29, 1.82) is 0 Å². The Bertz CT molecular complexity index is 198. The molecule has 1 fully saturated rings. The molecular formula is C11H23N3S. The lowest BCUT2D eigenvalue weighted by atomic mass is 10.2. The van der Waals surface area contributed by atoms with E-state index in [4.69, 9.17) is 12.2 Å². The molecule has 0 aromatic carbocycles. The fraction of sp³-hybridized carbons (Fsp3) is 0.909. The van der Waals surface area contributed by atoms with E-state index in [-0.39, 0.29) is 0 Å². The smallest absolute Gasteiger partial charge is 0.169 e. The number of hydrogen-bond donors (Lipinski definition) is 1. The van der Waals surface area contributed by atoms with Gasteiger partial charge in [-0.1, -0.05) is 6.92 Å². The topological polar surface area (TPSA) is 18.5 Å². The minimum Gasteiger partial charge on any atom is -0.363 e. The zero-order valence-electron chi connectivity index (χ0n) is 10.1. The summed E-state index contributed by atoms with van der Waals surface area (Å²) in [4.78, 5) is 4.78. The molecule has 3 nitrogen and oxygen atoms in total. The molecule has 1 aliphatic rings. The molecule has 0 unspecified atom stereocenters. The fourth-order valence-corrected chi connectivity index (χ4v) is 2.07. The summed E-state index contributed by atoms with van der Waals surface area (Å²) in [7, 11) is 0. The third-order valence-electron chi connectivity index (χ3n) is 2.86. The van der Waals surface area contributed by atoms with Gasteiger partial charge in [0.1, 0.15) is 0 Å². The van der Waals surface area contributed by atoms with Gasteiger partial charge in [0.2, 0.25) is 0 Å². The normalized spacial score (nSPS) is 18.3. The van der Waals surface area contributed by atoms with Gasteiger partial charge in [-0.05, 0) is 32.5 Å². The van der Waals surface area contributed by atoms with Crippen molar-refractivity contribution >= 4 is 17.3 Å². The molecule has 0 amide bonds. The zero-order valence-corrected chi connectivity index (χ0v) is 10.9. The van der Waals surface area contributed by atoms with E-state index in [1.807, 2.05) is 0 Å². The van der Waals surface area contributed by atoms with Gasteiger partial charge in [0.15, 0.2) is 5.11 Å². The first kappa shape index (κ1) is 12.7. The lowest BCUT2D eigenvalue weighted by Gasteiger charge is -2.38. The van der Waals surface area contributed by atoms with Gasteiger partial charge < -0.3 is 10.2 Å². The second-order valence-electron chi connectivity index (χ2n) is 4.35. The Kier molecular flexibility index (Phi) is 5.32. The van der Waals surface area contributed by atoms with Crippen LogP contribution < -0.4 is 5.32 Å². The molecule has 88 valence electrons. The molecule has 1 saturated heterocycles.